The molecule has 3 rings (SSSR count). The molecule has 0 radical (unpaired) electrons. The number of esters is 1. The first-order chi connectivity index (χ1) is 8.70. The van der Waals surface area contributed by atoms with Gasteiger partial charge >= 0.3 is 5.97 Å². The molecule has 1 unspecified atom stereocenters. The van der Waals surface area contributed by atoms with Crippen LogP contribution in [-0.2, 0) is 17.6 Å². The molecule has 1 aromatic heterocycles. The summed E-state index contributed by atoms with van der Waals surface area (Å²) < 4.78 is 4.84. The fourth-order valence-corrected chi connectivity index (χ4v) is 2.90. The Hall–Kier alpha value is -1.77. The molecule has 3 nitrogen and oxygen atoms in total. The van der Waals surface area contributed by atoms with Crippen molar-refractivity contribution < 1.29 is 9.53 Å². The molecule has 1 N–H and O–H groups in total. The standard InChI is InChI=1S/C15H17NO2/c1-9-6-7-13-12(8-9)10-4-3-5-11(14(10)16-13)15(17)18-2/h3-5,9,16H,6-8H2,1-2H3. The lowest BCUT2D eigenvalue weighted by molar-refractivity contribution is 0.0603. The van der Waals surface area contributed by atoms with E-state index in [1.54, 1.807) is 0 Å². The Bertz CT molecular complexity index is 612. The van der Waals surface area contributed by atoms with Crippen molar-refractivity contribution >= 4 is 16.9 Å². The zero-order valence-corrected chi connectivity index (χ0v) is 10.7. The van der Waals surface area contributed by atoms with E-state index in [-0.39, 0.29) is 5.97 Å². The van der Waals surface area contributed by atoms with Crippen molar-refractivity contribution in [3.63, 3.8) is 0 Å². The number of aromatic nitrogens is 1. The Morgan fingerprint density at radius 2 is 2.28 bits per heavy atom. The molecule has 1 atom stereocenters. The molecule has 1 aromatic carbocycles. The molecule has 0 amide bonds. The maximum Gasteiger partial charge on any atom is 0.339 e. The Labute approximate surface area is 106 Å². The maximum atomic E-state index is 11.8. The van der Waals surface area contributed by atoms with E-state index >= 15 is 0 Å². The van der Waals surface area contributed by atoms with Crippen molar-refractivity contribution in [2.45, 2.75) is 26.2 Å². The van der Waals surface area contributed by atoms with Crippen LogP contribution in [0.3, 0.4) is 0 Å². The second-order valence-electron chi connectivity index (χ2n) is 5.15. The smallest absolute Gasteiger partial charge is 0.339 e. The predicted octanol–water partition coefficient (Wildman–Crippen LogP) is 3.08. The normalized spacial score (nSPS) is 18.7. The van der Waals surface area contributed by atoms with Crippen LogP contribution in [-0.4, -0.2) is 18.1 Å². The fourth-order valence-electron chi connectivity index (χ4n) is 2.90. The van der Waals surface area contributed by atoms with E-state index in [2.05, 4.69) is 18.0 Å². The van der Waals surface area contributed by atoms with Crippen LogP contribution in [0.1, 0.15) is 35.0 Å². The van der Waals surface area contributed by atoms with Crippen LogP contribution in [0.15, 0.2) is 18.2 Å². The van der Waals surface area contributed by atoms with Gasteiger partial charge in [-0.3, -0.25) is 0 Å². The number of H-pyrrole nitrogens is 1. The summed E-state index contributed by atoms with van der Waals surface area (Å²) >= 11 is 0. The molecule has 0 aliphatic heterocycles. The summed E-state index contributed by atoms with van der Waals surface area (Å²) in [6.07, 6.45) is 3.39. The second-order valence-corrected chi connectivity index (χ2v) is 5.15. The third-order valence-corrected chi connectivity index (χ3v) is 3.87. The molecule has 0 fully saturated rings. The number of rotatable bonds is 1. The van der Waals surface area contributed by atoms with E-state index in [1.165, 1.54) is 30.2 Å². The number of carbonyl (C=O) groups excluding carboxylic acids is 1. The zero-order valence-electron chi connectivity index (χ0n) is 10.7. The number of para-hydroxylation sites is 1. The van der Waals surface area contributed by atoms with Gasteiger partial charge in [-0.15, -0.1) is 0 Å². The Morgan fingerprint density at radius 3 is 3.06 bits per heavy atom. The molecule has 0 bridgehead atoms. The average molecular weight is 243 g/mol. The third-order valence-electron chi connectivity index (χ3n) is 3.87. The van der Waals surface area contributed by atoms with Crippen LogP contribution in [0.25, 0.3) is 10.9 Å². The molecule has 0 spiro atoms. The van der Waals surface area contributed by atoms with Gasteiger partial charge in [0.2, 0.25) is 0 Å². The van der Waals surface area contributed by atoms with E-state index < -0.39 is 0 Å². The van der Waals surface area contributed by atoms with Gasteiger partial charge < -0.3 is 9.72 Å². The zero-order chi connectivity index (χ0) is 12.7. The minimum Gasteiger partial charge on any atom is -0.465 e. The Kier molecular flexibility index (Phi) is 2.62. The van der Waals surface area contributed by atoms with Crippen molar-refractivity contribution in [2.24, 2.45) is 5.92 Å². The lowest BCUT2D eigenvalue weighted by Gasteiger charge is -2.17. The minimum absolute atomic E-state index is 0.271. The summed E-state index contributed by atoms with van der Waals surface area (Å²) in [5.41, 5.74) is 4.24. The molecule has 0 saturated heterocycles. The maximum absolute atomic E-state index is 11.8. The lowest BCUT2D eigenvalue weighted by atomic mass is 9.87. The first kappa shape index (κ1) is 11.3. The summed E-state index contributed by atoms with van der Waals surface area (Å²) in [5, 5.41) is 1.18. The SMILES string of the molecule is COC(=O)c1cccc2c3c([nH]c12)CCC(C)C3. The summed E-state index contributed by atoms with van der Waals surface area (Å²) in [7, 11) is 1.42. The Balaban J connectivity index is 2.22. The van der Waals surface area contributed by atoms with Gasteiger partial charge in [-0.25, -0.2) is 4.79 Å². The molecule has 94 valence electrons. The van der Waals surface area contributed by atoms with Gasteiger partial charge in [-0.05, 0) is 36.8 Å². The molecule has 0 saturated carbocycles. The molecule has 1 aliphatic carbocycles. The number of aromatic amines is 1. The fraction of sp³-hybridized carbons (Fsp3) is 0.400. The summed E-state index contributed by atoms with van der Waals surface area (Å²) in [6, 6.07) is 5.84. The summed E-state index contributed by atoms with van der Waals surface area (Å²) in [5.74, 6) is 0.450. The number of fused-ring (bicyclic) bond motifs is 3. The van der Waals surface area contributed by atoms with Crippen LogP contribution in [0, 0.1) is 5.92 Å². The van der Waals surface area contributed by atoms with Gasteiger partial charge in [-0.2, -0.15) is 0 Å². The van der Waals surface area contributed by atoms with Gasteiger partial charge in [0.15, 0.2) is 0 Å². The van der Waals surface area contributed by atoms with Gasteiger partial charge in [0.05, 0.1) is 18.2 Å². The molecular weight excluding hydrogens is 226 g/mol. The molecule has 1 heterocycles. The highest BCUT2D eigenvalue weighted by atomic mass is 16.5. The van der Waals surface area contributed by atoms with E-state index in [4.69, 9.17) is 4.74 Å². The average Bonchev–Trinajstić information content (AvgIpc) is 2.75. The third kappa shape index (κ3) is 1.62. The van der Waals surface area contributed by atoms with Crippen LogP contribution >= 0.6 is 0 Å². The molecular formula is C15H17NO2. The number of aryl methyl sites for hydroxylation is 1. The first-order valence-corrected chi connectivity index (χ1v) is 6.41. The predicted molar refractivity (Wildman–Crippen MR) is 70.8 cm³/mol. The summed E-state index contributed by atoms with van der Waals surface area (Å²) in [6.45, 7) is 2.28. The van der Waals surface area contributed by atoms with Crippen molar-refractivity contribution in [3.05, 3.63) is 35.0 Å². The minimum atomic E-state index is -0.271. The van der Waals surface area contributed by atoms with Crippen molar-refractivity contribution in [1.29, 1.82) is 0 Å². The van der Waals surface area contributed by atoms with E-state index in [0.717, 1.165) is 24.3 Å². The van der Waals surface area contributed by atoms with Crippen molar-refractivity contribution in [2.75, 3.05) is 7.11 Å². The molecule has 1 aliphatic rings. The van der Waals surface area contributed by atoms with Gasteiger partial charge in [-0.1, -0.05) is 19.1 Å². The number of hydrogen-bond donors (Lipinski definition) is 1. The Morgan fingerprint density at radius 1 is 1.44 bits per heavy atom. The van der Waals surface area contributed by atoms with Crippen LogP contribution < -0.4 is 0 Å². The largest absolute Gasteiger partial charge is 0.465 e. The first-order valence-electron chi connectivity index (χ1n) is 6.41. The molecule has 18 heavy (non-hydrogen) atoms. The van der Waals surface area contributed by atoms with Gasteiger partial charge in [0, 0.05) is 11.1 Å². The topological polar surface area (TPSA) is 42.1 Å². The number of benzene rings is 1. The number of hydrogen-bond acceptors (Lipinski definition) is 2. The van der Waals surface area contributed by atoms with Gasteiger partial charge in [0.1, 0.15) is 0 Å². The molecule has 2 aromatic rings. The monoisotopic (exact) mass is 243 g/mol. The highest BCUT2D eigenvalue weighted by Gasteiger charge is 2.22. The highest BCUT2D eigenvalue weighted by molar-refractivity contribution is 6.04. The van der Waals surface area contributed by atoms with Crippen molar-refractivity contribution in [1.82, 2.24) is 4.98 Å². The lowest BCUT2D eigenvalue weighted by Crippen LogP contribution is -2.09. The number of ether oxygens (including phenoxy) is 1. The van der Waals surface area contributed by atoms with Crippen LogP contribution in [0.5, 0.6) is 0 Å². The summed E-state index contributed by atoms with van der Waals surface area (Å²) in [4.78, 5) is 15.2. The highest BCUT2D eigenvalue weighted by Crippen LogP contribution is 2.33. The van der Waals surface area contributed by atoms with Gasteiger partial charge in [0.25, 0.3) is 0 Å². The van der Waals surface area contributed by atoms with Crippen LogP contribution in [0.4, 0.5) is 0 Å². The quantitative estimate of drug-likeness (QED) is 0.782. The van der Waals surface area contributed by atoms with E-state index in [9.17, 15) is 4.79 Å². The van der Waals surface area contributed by atoms with Crippen molar-refractivity contribution in [3.8, 4) is 0 Å². The second kappa shape index (κ2) is 4.16. The number of nitrogens with one attached hydrogen (secondary N) is 1. The number of methoxy groups -OCH3 is 1. The van der Waals surface area contributed by atoms with E-state index in [0.29, 0.717) is 5.56 Å². The van der Waals surface area contributed by atoms with E-state index in [1.807, 2.05) is 12.1 Å². The molecule has 3 heteroatoms. The number of carbonyl (C=O) groups is 1. The van der Waals surface area contributed by atoms with Crippen LogP contribution in [0.2, 0.25) is 0 Å².